The maximum atomic E-state index is 14.5. The third-order valence-corrected chi connectivity index (χ3v) is 7.45. The molecule has 8 nitrogen and oxygen atoms in total. The van der Waals surface area contributed by atoms with Gasteiger partial charge in [-0.2, -0.15) is 5.10 Å². The number of aromatic nitrogens is 2. The monoisotopic (exact) mass is 457 g/mol. The average Bonchev–Trinajstić information content (AvgIpc) is 3.14. The fourth-order valence-electron chi connectivity index (χ4n) is 4.26. The highest BCUT2D eigenvalue weighted by molar-refractivity contribution is 7.91. The van der Waals surface area contributed by atoms with Crippen LogP contribution in [-0.2, 0) is 26.9 Å². The molecule has 1 fully saturated rings. The fraction of sp³-hybridized carbons (Fsp3) is 0.273. The van der Waals surface area contributed by atoms with Crippen molar-refractivity contribution in [3.05, 3.63) is 65.1 Å². The van der Waals surface area contributed by atoms with Gasteiger partial charge in [0.15, 0.2) is 15.5 Å². The van der Waals surface area contributed by atoms with Gasteiger partial charge in [0.05, 0.1) is 30.3 Å². The minimum atomic E-state index is -4.04. The molecule has 5 rings (SSSR count). The second-order valence-electron chi connectivity index (χ2n) is 7.82. The number of carboxylic acids is 1. The molecule has 0 aliphatic carbocycles. The Bertz CT molecular complexity index is 1310. The predicted octanol–water partition coefficient (Wildman–Crippen LogP) is 2.50. The maximum Gasteiger partial charge on any atom is 0.356 e. The highest BCUT2D eigenvalue weighted by atomic mass is 32.2. The first-order valence-corrected chi connectivity index (χ1v) is 11.8. The standard InChI is InChI=1S/C22H20FN3O5S/c23-18-3-1-2-16-20-17(13-32(29,30)21(16)18)19(22(27)28)24-26(20)15-6-4-14(5-7-15)12-25-8-10-31-11-9-25/h1-7H,8-13H2,(H,27,28). The van der Waals surface area contributed by atoms with Crippen LogP contribution < -0.4 is 0 Å². The third-order valence-electron chi connectivity index (χ3n) is 5.74. The minimum Gasteiger partial charge on any atom is -0.476 e. The van der Waals surface area contributed by atoms with Crippen LogP contribution >= 0.6 is 0 Å². The smallest absolute Gasteiger partial charge is 0.356 e. The molecule has 0 amide bonds. The van der Waals surface area contributed by atoms with E-state index in [0.29, 0.717) is 18.9 Å². The lowest BCUT2D eigenvalue weighted by molar-refractivity contribution is 0.0342. The molecule has 3 heterocycles. The summed E-state index contributed by atoms with van der Waals surface area (Å²) in [6.45, 7) is 3.87. The van der Waals surface area contributed by atoms with Gasteiger partial charge in [0.2, 0.25) is 0 Å². The van der Waals surface area contributed by atoms with E-state index in [0.717, 1.165) is 31.3 Å². The van der Waals surface area contributed by atoms with Crippen molar-refractivity contribution in [2.75, 3.05) is 26.3 Å². The van der Waals surface area contributed by atoms with Crippen LogP contribution in [0.25, 0.3) is 16.9 Å². The molecule has 1 aromatic heterocycles. The average molecular weight is 457 g/mol. The number of ether oxygens (including phenoxy) is 1. The molecule has 3 aromatic rings. The zero-order valence-electron chi connectivity index (χ0n) is 17.0. The number of nitrogens with zero attached hydrogens (tertiary/aromatic N) is 3. The van der Waals surface area contributed by atoms with E-state index in [4.69, 9.17) is 4.74 Å². The van der Waals surface area contributed by atoms with Crippen molar-refractivity contribution in [3.8, 4) is 16.9 Å². The summed E-state index contributed by atoms with van der Waals surface area (Å²) in [6.07, 6.45) is 0. The summed E-state index contributed by atoms with van der Waals surface area (Å²) in [4.78, 5) is 13.7. The Balaban J connectivity index is 1.60. The topological polar surface area (TPSA) is 102 Å². The van der Waals surface area contributed by atoms with Gasteiger partial charge in [-0.15, -0.1) is 0 Å². The first-order chi connectivity index (χ1) is 15.3. The summed E-state index contributed by atoms with van der Waals surface area (Å²) < 4.78 is 46.7. The van der Waals surface area contributed by atoms with E-state index in [9.17, 15) is 22.7 Å². The van der Waals surface area contributed by atoms with Gasteiger partial charge in [-0.25, -0.2) is 22.3 Å². The van der Waals surface area contributed by atoms with E-state index in [1.54, 1.807) is 12.1 Å². The number of fused-ring (bicyclic) bond motifs is 3. The molecule has 0 unspecified atom stereocenters. The molecule has 0 bridgehead atoms. The number of hydrogen-bond acceptors (Lipinski definition) is 6. The summed E-state index contributed by atoms with van der Waals surface area (Å²) in [7, 11) is -4.04. The van der Waals surface area contributed by atoms with Gasteiger partial charge in [-0.3, -0.25) is 4.90 Å². The summed E-state index contributed by atoms with van der Waals surface area (Å²) in [5, 5.41) is 13.8. The largest absolute Gasteiger partial charge is 0.476 e. The number of carboxylic acid groups (broad SMARTS) is 1. The molecule has 2 aromatic carbocycles. The SMILES string of the molecule is O=C(O)c1nn(-c2ccc(CN3CCOCC3)cc2)c2c1CS(=O)(=O)c1c(F)cccc1-2. The Labute approximate surface area is 183 Å². The van der Waals surface area contributed by atoms with Crippen molar-refractivity contribution in [2.24, 2.45) is 0 Å². The van der Waals surface area contributed by atoms with E-state index >= 15 is 0 Å². The first kappa shape index (κ1) is 20.8. The number of carbonyl (C=O) groups is 1. The zero-order chi connectivity index (χ0) is 22.5. The second-order valence-corrected chi connectivity index (χ2v) is 9.75. The molecule has 1 N–H and O–H groups in total. The van der Waals surface area contributed by atoms with Crippen molar-refractivity contribution in [3.63, 3.8) is 0 Å². The molecule has 10 heteroatoms. The quantitative estimate of drug-likeness (QED) is 0.642. The van der Waals surface area contributed by atoms with Gasteiger partial charge in [0, 0.05) is 30.8 Å². The molecule has 1 saturated heterocycles. The Kier molecular flexibility index (Phi) is 5.07. The number of aromatic carboxylic acids is 1. The van der Waals surface area contributed by atoms with Crippen molar-refractivity contribution < 1.29 is 27.4 Å². The third kappa shape index (κ3) is 3.50. The number of halogens is 1. The van der Waals surface area contributed by atoms with Gasteiger partial charge >= 0.3 is 5.97 Å². The Morgan fingerprint density at radius 2 is 1.84 bits per heavy atom. The number of benzene rings is 2. The van der Waals surface area contributed by atoms with Crippen molar-refractivity contribution >= 4 is 15.8 Å². The summed E-state index contributed by atoms with van der Waals surface area (Å²) >= 11 is 0. The molecule has 0 spiro atoms. The fourth-order valence-corrected chi connectivity index (χ4v) is 5.92. The van der Waals surface area contributed by atoms with E-state index < -0.39 is 32.3 Å². The van der Waals surface area contributed by atoms with Crippen LogP contribution in [0, 0.1) is 5.82 Å². The first-order valence-electron chi connectivity index (χ1n) is 10.1. The molecular formula is C22H20FN3O5S. The molecule has 2 aliphatic heterocycles. The van der Waals surface area contributed by atoms with Gasteiger partial charge < -0.3 is 9.84 Å². The van der Waals surface area contributed by atoms with Crippen LogP contribution in [0.1, 0.15) is 21.6 Å². The molecule has 0 atom stereocenters. The van der Waals surface area contributed by atoms with E-state index in [1.165, 1.54) is 16.8 Å². The van der Waals surface area contributed by atoms with Gasteiger partial charge in [0.25, 0.3) is 0 Å². The van der Waals surface area contributed by atoms with Crippen LogP contribution in [0.3, 0.4) is 0 Å². The van der Waals surface area contributed by atoms with Crippen LogP contribution in [-0.4, -0.2) is 60.5 Å². The molecular weight excluding hydrogens is 437 g/mol. The molecule has 166 valence electrons. The van der Waals surface area contributed by atoms with Crippen LogP contribution in [0.4, 0.5) is 4.39 Å². The van der Waals surface area contributed by atoms with Gasteiger partial charge in [-0.1, -0.05) is 24.3 Å². The van der Waals surface area contributed by atoms with Crippen molar-refractivity contribution in [1.82, 2.24) is 14.7 Å². The summed E-state index contributed by atoms with van der Waals surface area (Å²) in [6, 6.07) is 11.4. The highest BCUT2D eigenvalue weighted by Gasteiger charge is 2.37. The van der Waals surface area contributed by atoms with Crippen LogP contribution in [0.15, 0.2) is 47.4 Å². The van der Waals surface area contributed by atoms with Gasteiger partial charge in [-0.05, 0) is 23.8 Å². The number of sulfone groups is 1. The lowest BCUT2D eigenvalue weighted by Crippen LogP contribution is -2.35. The number of hydrogen-bond donors (Lipinski definition) is 1. The van der Waals surface area contributed by atoms with E-state index in [1.807, 2.05) is 12.1 Å². The molecule has 0 radical (unpaired) electrons. The van der Waals surface area contributed by atoms with Crippen molar-refractivity contribution in [2.45, 2.75) is 17.2 Å². The van der Waals surface area contributed by atoms with E-state index in [-0.39, 0.29) is 22.5 Å². The Morgan fingerprint density at radius 3 is 2.53 bits per heavy atom. The number of rotatable bonds is 4. The maximum absolute atomic E-state index is 14.5. The Hall–Kier alpha value is -3.08. The van der Waals surface area contributed by atoms with E-state index in [2.05, 4.69) is 10.00 Å². The molecule has 2 aliphatic rings. The van der Waals surface area contributed by atoms with Crippen LogP contribution in [0.2, 0.25) is 0 Å². The highest BCUT2D eigenvalue weighted by Crippen LogP contribution is 2.41. The minimum absolute atomic E-state index is 0.0630. The molecule has 0 saturated carbocycles. The lowest BCUT2D eigenvalue weighted by Gasteiger charge is -2.26. The lowest BCUT2D eigenvalue weighted by atomic mass is 10.1. The predicted molar refractivity (Wildman–Crippen MR) is 113 cm³/mol. The summed E-state index contributed by atoms with van der Waals surface area (Å²) in [5.41, 5.74) is 1.75. The van der Waals surface area contributed by atoms with Gasteiger partial charge in [0.1, 0.15) is 10.7 Å². The molecule has 32 heavy (non-hydrogen) atoms. The number of morpholine rings is 1. The summed E-state index contributed by atoms with van der Waals surface area (Å²) in [5.74, 6) is -2.81. The normalized spacial score (nSPS) is 17.5. The second kappa shape index (κ2) is 7.80. The zero-order valence-corrected chi connectivity index (χ0v) is 17.8. The van der Waals surface area contributed by atoms with Crippen LogP contribution in [0.5, 0.6) is 0 Å². The van der Waals surface area contributed by atoms with Crippen molar-refractivity contribution in [1.29, 1.82) is 0 Å². The Morgan fingerprint density at radius 1 is 1.12 bits per heavy atom.